The summed E-state index contributed by atoms with van der Waals surface area (Å²) >= 11 is 0. The van der Waals surface area contributed by atoms with Gasteiger partial charge in [0.05, 0.1) is 0 Å². The Morgan fingerprint density at radius 3 is 2.30 bits per heavy atom. The van der Waals surface area contributed by atoms with Crippen molar-refractivity contribution in [3.05, 3.63) is 6.92 Å². The molecule has 0 heterocycles. The maximum absolute atomic E-state index is 5.99. The molecule has 56 valence electrons. The van der Waals surface area contributed by atoms with Crippen LogP contribution >= 0.6 is 0 Å². The Morgan fingerprint density at radius 2 is 2.00 bits per heavy atom. The third kappa shape index (κ3) is 0.627. The van der Waals surface area contributed by atoms with E-state index in [-0.39, 0.29) is 0 Å². The summed E-state index contributed by atoms with van der Waals surface area (Å²) in [6.07, 6.45) is 4.07. The van der Waals surface area contributed by atoms with Gasteiger partial charge in [-0.3, -0.25) is 0 Å². The first-order valence-corrected chi connectivity index (χ1v) is 4.38. The Kier molecular flexibility index (Phi) is 1.19. The quantitative estimate of drug-likeness (QED) is 0.480. The highest BCUT2D eigenvalue weighted by Crippen LogP contribution is 2.60. The van der Waals surface area contributed by atoms with Gasteiger partial charge in [0.25, 0.3) is 0 Å². The third-order valence-corrected chi connectivity index (χ3v) is 3.91. The lowest BCUT2D eigenvalue weighted by molar-refractivity contribution is -0.0912. The number of hydrogen-bond donors (Lipinski definition) is 0. The summed E-state index contributed by atoms with van der Waals surface area (Å²) in [4.78, 5) is 0. The molecular formula is C10H16. The van der Waals surface area contributed by atoms with E-state index in [1.54, 1.807) is 0 Å². The molecule has 0 aromatic rings. The van der Waals surface area contributed by atoms with Crippen LogP contribution in [0.3, 0.4) is 0 Å². The zero-order chi connectivity index (χ0) is 7.35. The van der Waals surface area contributed by atoms with E-state index in [1.807, 2.05) is 0 Å². The van der Waals surface area contributed by atoms with E-state index in [4.69, 9.17) is 6.92 Å². The van der Waals surface area contributed by atoms with E-state index in [0.29, 0.717) is 11.3 Å². The standard InChI is InChI=1S/C10H16/c1-7-4-5-8-6-9(7)10(8,2)3/h1,7-9H,4-6H2,2-3H3/t7-,8-,9-/m0/s1. The summed E-state index contributed by atoms with van der Waals surface area (Å²) in [6.45, 7) is 10.8. The largest absolute Gasteiger partial charge is 0.0594 e. The van der Waals surface area contributed by atoms with Crippen LogP contribution in [0.25, 0.3) is 0 Å². The lowest BCUT2D eigenvalue weighted by atomic mass is 9.46. The van der Waals surface area contributed by atoms with Gasteiger partial charge in [0.2, 0.25) is 0 Å². The SMILES string of the molecule is [CH][C@H]1CC[C@H]2C[C@@H]1C2(C)C. The maximum Gasteiger partial charge on any atom is -0.0295 e. The molecule has 0 aliphatic heterocycles. The fraction of sp³-hybridized carbons (Fsp3) is 0.900. The van der Waals surface area contributed by atoms with Crippen LogP contribution in [0.15, 0.2) is 0 Å². The Balaban J connectivity index is 2.16. The van der Waals surface area contributed by atoms with Gasteiger partial charge in [-0.2, -0.15) is 0 Å². The first-order chi connectivity index (χ1) is 4.62. The van der Waals surface area contributed by atoms with E-state index in [1.165, 1.54) is 19.3 Å². The van der Waals surface area contributed by atoms with Gasteiger partial charge in [-0.25, -0.2) is 0 Å². The van der Waals surface area contributed by atoms with E-state index in [9.17, 15) is 0 Å². The molecule has 0 heteroatoms. The summed E-state index contributed by atoms with van der Waals surface area (Å²) < 4.78 is 0. The second-order valence-corrected chi connectivity index (χ2v) is 4.60. The molecule has 0 N–H and O–H groups in total. The highest BCUT2D eigenvalue weighted by Gasteiger charge is 2.52. The van der Waals surface area contributed by atoms with Gasteiger partial charge in [0.15, 0.2) is 0 Å². The molecule has 3 atom stereocenters. The molecule has 0 spiro atoms. The van der Waals surface area contributed by atoms with E-state index < -0.39 is 0 Å². The Bertz CT molecular complexity index is 144. The predicted molar refractivity (Wildman–Crippen MR) is 42.4 cm³/mol. The Morgan fingerprint density at radius 1 is 1.30 bits per heavy atom. The highest BCUT2D eigenvalue weighted by molar-refractivity contribution is 5.03. The fourth-order valence-corrected chi connectivity index (χ4v) is 2.87. The molecule has 3 aliphatic carbocycles. The average Bonchev–Trinajstić information content (AvgIpc) is 1.87. The first-order valence-electron chi connectivity index (χ1n) is 4.38. The molecular weight excluding hydrogens is 120 g/mol. The van der Waals surface area contributed by atoms with Crippen LogP contribution in [0.5, 0.6) is 0 Å². The van der Waals surface area contributed by atoms with Crippen LogP contribution in [0, 0.1) is 30.1 Å². The summed E-state index contributed by atoms with van der Waals surface area (Å²) in [5.74, 6) is 2.35. The number of fused-ring (bicyclic) bond motifs is 2. The predicted octanol–water partition coefficient (Wildman–Crippen LogP) is 2.77. The van der Waals surface area contributed by atoms with Crippen LogP contribution in [0.1, 0.15) is 33.1 Å². The van der Waals surface area contributed by atoms with Crippen LogP contribution in [-0.4, -0.2) is 0 Å². The average molecular weight is 136 g/mol. The van der Waals surface area contributed by atoms with Crippen LogP contribution in [0.2, 0.25) is 0 Å². The van der Waals surface area contributed by atoms with Gasteiger partial charge >= 0.3 is 0 Å². The number of hydrogen-bond acceptors (Lipinski definition) is 0. The zero-order valence-corrected chi connectivity index (χ0v) is 6.93. The molecule has 0 saturated heterocycles. The maximum atomic E-state index is 5.99. The molecule has 3 aliphatic rings. The van der Waals surface area contributed by atoms with Crippen molar-refractivity contribution < 1.29 is 0 Å². The van der Waals surface area contributed by atoms with Crippen LogP contribution < -0.4 is 0 Å². The lowest BCUT2D eigenvalue weighted by Gasteiger charge is -2.59. The van der Waals surface area contributed by atoms with Crippen molar-refractivity contribution >= 4 is 0 Å². The van der Waals surface area contributed by atoms with Crippen molar-refractivity contribution in [1.29, 1.82) is 0 Å². The highest BCUT2D eigenvalue weighted by atomic mass is 14.6. The van der Waals surface area contributed by atoms with E-state index in [0.717, 1.165) is 11.8 Å². The summed E-state index contributed by atoms with van der Waals surface area (Å²) in [7, 11) is 0. The van der Waals surface area contributed by atoms with Gasteiger partial charge in [-0.05, 0) is 49.4 Å². The monoisotopic (exact) mass is 136 g/mol. The summed E-state index contributed by atoms with van der Waals surface area (Å²) in [6, 6.07) is 0. The van der Waals surface area contributed by atoms with Crippen molar-refractivity contribution in [3.63, 3.8) is 0 Å². The van der Waals surface area contributed by atoms with E-state index >= 15 is 0 Å². The van der Waals surface area contributed by atoms with Crippen molar-refractivity contribution in [2.45, 2.75) is 33.1 Å². The van der Waals surface area contributed by atoms with Crippen LogP contribution in [-0.2, 0) is 0 Å². The zero-order valence-electron chi connectivity index (χ0n) is 6.93. The molecule has 3 rings (SSSR count). The first kappa shape index (κ1) is 6.69. The molecule has 0 unspecified atom stereocenters. The van der Waals surface area contributed by atoms with Gasteiger partial charge in [-0.1, -0.05) is 13.8 Å². The second-order valence-electron chi connectivity index (χ2n) is 4.60. The molecule has 2 bridgehead atoms. The van der Waals surface area contributed by atoms with Gasteiger partial charge in [0.1, 0.15) is 0 Å². The molecule has 0 aromatic heterocycles. The molecule has 10 heavy (non-hydrogen) atoms. The Hall–Kier alpha value is 0. The van der Waals surface area contributed by atoms with Gasteiger partial charge in [0, 0.05) is 0 Å². The van der Waals surface area contributed by atoms with Crippen molar-refractivity contribution in [1.82, 2.24) is 0 Å². The lowest BCUT2D eigenvalue weighted by Crippen LogP contribution is -2.51. The van der Waals surface area contributed by atoms with E-state index in [2.05, 4.69) is 13.8 Å². The number of rotatable bonds is 0. The summed E-state index contributed by atoms with van der Waals surface area (Å²) in [5.41, 5.74) is 0.581. The molecule has 0 amide bonds. The van der Waals surface area contributed by atoms with Crippen molar-refractivity contribution in [2.24, 2.45) is 23.2 Å². The van der Waals surface area contributed by atoms with Gasteiger partial charge in [-0.15, -0.1) is 0 Å². The minimum Gasteiger partial charge on any atom is -0.0594 e. The molecule has 3 fully saturated rings. The molecule has 3 saturated carbocycles. The smallest absolute Gasteiger partial charge is 0.0295 e. The molecule has 2 radical (unpaired) electrons. The van der Waals surface area contributed by atoms with Crippen LogP contribution in [0.4, 0.5) is 0 Å². The summed E-state index contributed by atoms with van der Waals surface area (Å²) in [5, 5.41) is 0. The van der Waals surface area contributed by atoms with Crippen molar-refractivity contribution in [3.8, 4) is 0 Å². The second kappa shape index (κ2) is 1.78. The van der Waals surface area contributed by atoms with Crippen molar-refractivity contribution in [2.75, 3.05) is 0 Å². The normalized spacial score (nSPS) is 50.1. The minimum absolute atomic E-state index is 0.514. The Labute approximate surface area is 64.0 Å². The van der Waals surface area contributed by atoms with Gasteiger partial charge < -0.3 is 0 Å². The minimum atomic E-state index is 0.514. The fourth-order valence-electron chi connectivity index (χ4n) is 2.87. The topological polar surface area (TPSA) is 0 Å². The molecule has 0 aromatic carbocycles. The third-order valence-electron chi connectivity index (χ3n) is 3.91. The molecule has 0 nitrogen and oxygen atoms in total.